The molecule has 182 valence electrons. The van der Waals surface area contributed by atoms with Crippen LogP contribution in [0.25, 0.3) is 22.1 Å². The number of furan rings is 2. The van der Waals surface area contributed by atoms with Crippen molar-refractivity contribution in [2.75, 3.05) is 13.7 Å². The van der Waals surface area contributed by atoms with E-state index in [4.69, 9.17) is 22.7 Å². The number of hydrogen-bond acceptors (Lipinski definition) is 9. The Kier molecular flexibility index (Phi) is 6.77. The van der Waals surface area contributed by atoms with E-state index in [0.717, 1.165) is 5.56 Å². The van der Waals surface area contributed by atoms with Crippen LogP contribution in [0.2, 0.25) is 0 Å². The van der Waals surface area contributed by atoms with Gasteiger partial charge in [0.05, 0.1) is 24.7 Å². The summed E-state index contributed by atoms with van der Waals surface area (Å²) in [6.45, 7) is 5.64. The second-order valence-corrected chi connectivity index (χ2v) is 7.64. The van der Waals surface area contributed by atoms with Crippen molar-refractivity contribution < 1.29 is 37.1 Å². The van der Waals surface area contributed by atoms with Crippen molar-refractivity contribution in [1.82, 2.24) is 0 Å². The SMILES string of the molecule is CCOC(=O)c1ccc(COc2cc3occ(-c4cc(C(=O)OC)oc4C)c(=O)c3cc2CC)o1. The molecule has 0 atom stereocenters. The summed E-state index contributed by atoms with van der Waals surface area (Å²) in [5.74, 6) is 0.299. The normalized spacial score (nSPS) is 11.0. The first kappa shape index (κ1) is 23.9. The van der Waals surface area contributed by atoms with Crippen LogP contribution < -0.4 is 10.2 Å². The van der Waals surface area contributed by atoms with Gasteiger partial charge in [0, 0.05) is 11.6 Å². The van der Waals surface area contributed by atoms with Gasteiger partial charge in [-0.2, -0.15) is 0 Å². The quantitative estimate of drug-likeness (QED) is 0.319. The highest BCUT2D eigenvalue weighted by atomic mass is 16.5. The highest BCUT2D eigenvalue weighted by Gasteiger charge is 2.20. The van der Waals surface area contributed by atoms with Crippen LogP contribution in [-0.2, 0) is 22.5 Å². The topological polar surface area (TPSA) is 118 Å². The maximum Gasteiger partial charge on any atom is 0.374 e. The number of methoxy groups -OCH3 is 1. The second kappa shape index (κ2) is 9.92. The molecule has 3 aromatic heterocycles. The van der Waals surface area contributed by atoms with Crippen molar-refractivity contribution in [2.24, 2.45) is 0 Å². The molecule has 3 heterocycles. The van der Waals surface area contributed by atoms with E-state index in [1.807, 2.05) is 6.92 Å². The summed E-state index contributed by atoms with van der Waals surface area (Å²) in [5, 5.41) is 0.370. The van der Waals surface area contributed by atoms with E-state index in [0.29, 0.717) is 40.2 Å². The highest BCUT2D eigenvalue weighted by molar-refractivity contribution is 5.90. The molecule has 0 saturated heterocycles. The third kappa shape index (κ3) is 4.70. The summed E-state index contributed by atoms with van der Waals surface area (Å²) in [7, 11) is 1.25. The molecule has 9 nitrogen and oxygen atoms in total. The van der Waals surface area contributed by atoms with Gasteiger partial charge in [0.15, 0.2) is 0 Å². The van der Waals surface area contributed by atoms with Crippen LogP contribution in [0.1, 0.15) is 52.0 Å². The Morgan fingerprint density at radius 2 is 1.77 bits per heavy atom. The number of carbonyl (C=O) groups is 2. The molecule has 0 amide bonds. The monoisotopic (exact) mass is 480 g/mol. The van der Waals surface area contributed by atoms with Crippen molar-refractivity contribution in [1.29, 1.82) is 0 Å². The van der Waals surface area contributed by atoms with Crippen molar-refractivity contribution >= 4 is 22.9 Å². The molecule has 0 aliphatic rings. The molecule has 4 rings (SSSR count). The van der Waals surface area contributed by atoms with Crippen LogP contribution in [-0.4, -0.2) is 25.7 Å². The van der Waals surface area contributed by atoms with Crippen molar-refractivity contribution in [3.8, 4) is 16.9 Å². The Hall–Kier alpha value is -4.27. The molecule has 0 aliphatic heterocycles. The molecule has 0 N–H and O–H groups in total. The number of hydrogen-bond donors (Lipinski definition) is 0. The van der Waals surface area contributed by atoms with Gasteiger partial charge in [0.2, 0.25) is 16.9 Å². The van der Waals surface area contributed by atoms with Gasteiger partial charge in [0.25, 0.3) is 0 Å². The van der Waals surface area contributed by atoms with E-state index < -0.39 is 11.9 Å². The average molecular weight is 480 g/mol. The lowest BCUT2D eigenvalue weighted by Gasteiger charge is -2.11. The average Bonchev–Trinajstić information content (AvgIpc) is 3.49. The first-order valence-electron chi connectivity index (χ1n) is 11.0. The molecule has 0 aliphatic carbocycles. The van der Waals surface area contributed by atoms with Gasteiger partial charge >= 0.3 is 11.9 Å². The number of fused-ring (bicyclic) bond motifs is 1. The zero-order chi connectivity index (χ0) is 25.1. The summed E-state index contributed by atoms with van der Waals surface area (Å²) in [6, 6.07) is 8.01. The first-order valence-corrected chi connectivity index (χ1v) is 11.0. The summed E-state index contributed by atoms with van der Waals surface area (Å²) >= 11 is 0. The van der Waals surface area contributed by atoms with E-state index in [1.165, 1.54) is 25.5 Å². The lowest BCUT2D eigenvalue weighted by Crippen LogP contribution is -2.07. The van der Waals surface area contributed by atoms with Gasteiger partial charge in [-0.3, -0.25) is 4.79 Å². The van der Waals surface area contributed by atoms with Gasteiger partial charge < -0.3 is 27.5 Å². The minimum absolute atomic E-state index is 0.00142. The second-order valence-electron chi connectivity index (χ2n) is 7.64. The fraction of sp³-hybridized carbons (Fsp3) is 0.269. The molecule has 9 heteroatoms. The summed E-state index contributed by atoms with van der Waals surface area (Å²) < 4.78 is 32.2. The van der Waals surface area contributed by atoms with Crippen molar-refractivity contribution in [2.45, 2.75) is 33.8 Å². The van der Waals surface area contributed by atoms with Gasteiger partial charge in [-0.1, -0.05) is 6.92 Å². The largest absolute Gasteiger partial charge is 0.485 e. The zero-order valence-corrected chi connectivity index (χ0v) is 19.8. The predicted molar refractivity (Wildman–Crippen MR) is 125 cm³/mol. The Bertz CT molecular complexity index is 1450. The molecule has 0 saturated carbocycles. The summed E-state index contributed by atoms with van der Waals surface area (Å²) in [4.78, 5) is 36.9. The summed E-state index contributed by atoms with van der Waals surface area (Å²) in [6.07, 6.45) is 1.93. The maximum absolute atomic E-state index is 13.3. The van der Waals surface area contributed by atoms with Crippen molar-refractivity contribution in [3.63, 3.8) is 0 Å². The van der Waals surface area contributed by atoms with Crippen LogP contribution in [0.4, 0.5) is 0 Å². The Morgan fingerprint density at radius 1 is 0.971 bits per heavy atom. The number of carbonyl (C=O) groups excluding carboxylic acids is 2. The fourth-order valence-corrected chi connectivity index (χ4v) is 3.67. The third-order valence-corrected chi connectivity index (χ3v) is 5.44. The lowest BCUT2D eigenvalue weighted by atomic mass is 10.0. The molecule has 0 bridgehead atoms. The Labute approximate surface area is 200 Å². The number of ether oxygens (including phenoxy) is 3. The smallest absolute Gasteiger partial charge is 0.374 e. The molecule has 0 radical (unpaired) electrons. The van der Waals surface area contributed by atoms with E-state index in [2.05, 4.69) is 4.74 Å². The Morgan fingerprint density at radius 3 is 2.49 bits per heavy atom. The van der Waals surface area contributed by atoms with E-state index in [9.17, 15) is 14.4 Å². The first-order chi connectivity index (χ1) is 16.9. The van der Waals surface area contributed by atoms with Gasteiger partial charge in [0.1, 0.15) is 35.7 Å². The van der Waals surface area contributed by atoms with Crippen LogP contribution in [0.3, 0.4) is 0 Å². The lowest BCUT2D eigenvalue weighted by molar-refractivity contribution is 0.0485. The van der Waals surface area contributed by atoms with Crippen LogP contribution in [0.15, 0.2) is 54.6 Å². The molecule has 4 aromatic rings. The van der Waals surface area contributed by atoms with Gasteiger partial charge in [-0.15, -0.1) is 0 Å². The fourth-order valence-electron chi connectivity index (χ4n) is 3.67. The minimum Gasteiger partial charge on any atom is -0.485 e. The number of aryl methyl sites for hydroxylation is 2. The molecule has 35 heavy (non-hydrogen) atoms. The predicted octanol–water partition coefficient (Wildman–Crippen LogP) is 5.06. The molecular weight excluding hydrogens is 456 g/mol. The standard InChI is InChI=1S/C26H24O9/c1-5-15-9-18-22(11-21(15)32-12-16-7-8-20(35-16)26(29)31-6-2)33-13-19(24(18)27)17-10-23(25(28)30-4)34-14(17)3/h7-11,13H,5-6,12H2,1-4H3. The summed E-state index contributed by atoms with van der Waals surface area (Å²) in [5.41, 5.74) is 1.59. The molecular formula is C26H24O9. The highest BCUT2D eigenvalue weighted by Crippen LogP contribution is 2.30. The third-order valence-electron chi connectivity index (χ3n) is 5.44. The van der Waals surface area contributed by atoms with Crippen LogP contribution in [0, 0.1) is 6.92 Å². The van der Waals surface area contributed by atoms with E-state index >= 15 is 0 Å². The van der Waals surface area contributed by atoms with Crippen molar-refractivity contribution in [3.05, 3.63) is 75.4 Å². The van der Waals surface area contributed by atoms with Gasteiger partial charge in [-0.25, -0.2) is 9.59 Å². The van der Waals surface area contributed by atoms with Gasteiger partial charge in [-0.05, 0) is 50.1 Å². The number of rotatable bonds is 8. The Balaban J connectivity index is 1.64. The maximum atomic E-state index is 13.3. The molecule has 0 fully saturated rings. The molecule has 1 aromatic carbocycles. The van der Waals surface area contributed by atoms with E-state index in [-0.39, 0.29) is 35.7 Å². The molecule has 0 spiro atoms. The molecule has 0 unspecified atom stereocenters. The van der Waals surface area contributed by atoms with E-state index in [1.54, 1.807) is 32.0 Å². The van der Waals surface area contributed by atoms with Crippen LogP contribution in [0.5, 0.6) is 5.75 Å². The zero-order valence-electron chi connectivity index (χ0n) is 19.8. The van der Waals surface area contributed by atoms with Crippen LogP contribution >= 0.6 is 0 Å². The minimum atomic E-state index is -0.634. The number of esters is 2. The number of benzene rings is 1.